The summed E-state index contributed by atoms with van der Waals surface area (Å²) >= 11 is 0. The number of aryl methyl sites for hydroxylation is 2. The number of nitriles is 1. The molecule has 4 rings (SSSR count). The zero-order valence-electron chi connectivity index (χ0n) is 22.1. The van der Waals surface area contributed by atoms with Gasteiger partial charge in [0.2, 0.25) is 0 Å². The molecule has 1 saturated heterocycles. The number of nitrogens with two attached hydrogens (primary N) is 1. The van der Waals surface area contributed by atoms with Crippen LogP contribution in [0.5, 0.6) is 5.75 Å². The molecule has 3 heterocycles. The number of ether oxygens (including phenoxy) is 2. The molecule has 10 nitrogen and oxygen atoms in total. The Labute approximate surface area is 231 Å². The van der Waals surface area contributed by atoms with Gasteiger partial charge in [0.1, 0.15) is 29.2 Å². The van der Waals surface area contributed by atoms with Gasteiger partial charge in [0.05, 0.1) is 24.1 Å². The summed E-state index contributed by atoms with van der Waals surface area (Å²) in [5, 5.41) is 13.9. The maximum absolute atomic E-state index is 13.6. The molecule has 1 aliphatic rings. The number of nitrogens with zero attached hydrogens (tertiary/aromatic N) is 6. The molecule has 3 aromatic rings. The van der Waals surface area contributed by atoms with Gasteiger partial charge in [-0.2, -0.15) is 10.4 Å². The minimum absolute atomic E-state index is 0. The molecule has 38 heavy (non-hydrogen) atoms. The van der Waals surface area contributed by atoms with E-state index >= 15 is 0 Å². The Hall–Kier alpha value is -3.39. The smallest absolute Gasteiger partial charge is 0.410 e. The van der Waals surface area contributed by atoms with E-state index in [0.29, 0.717) is 30.8 Å². The normalized spacial score (nSPS) is 13.7. The first-order chi connectivity index (χ1) is 17.4. The number of hydrogen-bond donors (Lipinski definition) is 1. The minimum atomic E-state index is -2.84. The Kier molecular flexibility index (Phi) is 8.56. The Morgan fingerprint density at radius 3 is 2.58 bits per heavy atom. The second-order valence-electron chi connectivity index (χ2n) is 9.97. The number of aromatic nitrogens is 4. The monoisotopic (exact) mass is 577 g/mol. The Bertz CT molecular complexity index is 1390. The van der Waals surface area contributed by atoms with Gasteiger partial charge in [0.15, 0.2) is 5.65 Å². The van der Waals surface area contributed by atoms with Crippen LogP contribution in [0.15, 0.2) is 12.4 Å². The van der Waals surface area contributed by atoms with Crippen LogP contribution >= 0.6 is 0 Å². The van der Waals surface area contributed by atoms with Crippen molar-refractivity contribution in [2.45, 2.75) is 58.6 Å². The molecule has 1 fully saturated rings. The van der Waals surface area contributed by atoms with Crippen LogP contribution in [0.2, 0.25) is 0 Å². The van der Waals surface area contributed by atoms with Crippen molar-refractivity contribution in [2.75, 3.05) is 25.9 Å². The van der Waals surface area contributed by atoms with Crippen molar-refractivity contribution in [3.8, 4) is 11.8 Å². The van der Waals surface area contributed by atoms with Gasteiger partial charge in [0.25, 0.3) is 6.43 Å². The number of anilines is 1. The number of amides is 1. The number of benzene rings is 1. The molecule has 0 spiro atoms. The molecule has 0 aliphatic carbocycles. The van der Waals surface area contributed by atoms with Crippen molar-refractivity contribution in [3.63, 3.8) is 0 Å². The molecule has 1 aliphatic heterocycles. The van der Waals surface area contributed by atoms with Crippen LogP contribution in [-0.4, -0.2) is 56.5 Å². The van der Waals surface area contributed by atoms with Crippen LogP contribution in [0.3, 0.4) is 0 Å². The molecule has 0 atom stereocenters. The predicted octanol–water partition coefficient (Wildman–Crippen LogP) is 4.11. The maximum Gasteiger partial charge on any atom is 0.410 e. The van der Waals surface area contributed by atoms with E-state index in [1.807, 2.05) is 27.7 Å². The number of fused-ring (bicyclic) bond motifs is 1. The SMILES string of the molecule is COc1c(CCn2nc(C(F)F)c3c(N)ncnc32)cc(C#N)c(C)c1C1CN(C(=O)OC(C)(C)C)C1.[Zn]. The standard InChI is InChI=1S/C25H29F2N7O3.Zn/c1-13-15(9-28)8-14(6-7-34-23-18(19(32-34)21(26)27)22(29)30-12-31-23)20(36-5)17(13)16-10-33(11-16)24(35)37-25(2,3)4;/h8,12,16,21H,6-7,10-11H2,1-5H3,(H2,29,30,31);. The van der Waals surface area contributed by atoms with E-state index in [1.54, 1.807) is 18.1 Å². The van der Waals surface area contributed by atoms with Crippen LogP contribution in [0.4, 0.5) is 19.4 Å². The number of alkyl halides is 2. The molecule has 0 unspecified atom stereocenters. The number of halogens is 2. The summed E-state index contributed by atoms with van der Waals surface area (Å²) in [6, 6.07) is 3.97. The first kappa shape index (κ1) is 29.2. The number of nitrogen functional groups attached to an aromatic ring is 1. The molecular formula is C25H29F2N7O3Zn. The third-order valence-electron chi connectivity index (χ3n) is 6.31. The van der Waals surface area contributed by atoms with Gasteiger partial charge in [-0.1, -0.05) is 0 Å². The van der Waals surface area contributed by atoms with Gasteiger partial charge in [-0.3, -0.25) is 0 Å². The molecular weight excluding hydrogens is 550 g/mol. The van der Waals surface area contributed by atoms with Crippen molar-refractivity contribution in [1.29, 1.82) is 5.26 Å². The number of carbonyl (C=O) groups is 1. The third-order valence-corrected chi connectivity index (χ3v) is 6.31. The second kappa shape index (κ2) is 11.2. The van der Waals surface area contributed by atoms with E-state index in [2.05, 4.69) is 21.1 Å². The first-order valence-electron chi connectivity index (χ1n) is 11.8. The fraction of sp³-hybridized carbons (Fsp3) is 0.480. The topological polar surface area (TPSA) is 132 Å². The molecule has 0 saturated carbocycles. The largest absolute Gasteiger partial charge is 0.496 e. The second-order valence-corrected chi connectivity index (χ2v) is 9.97. The number of methoxy groups -OCH3 is 1. The molecule has 0 bridgehead atoms. The zero-order chi connectivity index (χ0) is 27.1. The van der Waals surface area contributed by atoms with Crippen molar-refractivity contribution in [1.82, 2.24) is 24.6 Å². The maximum atomic E-state index is 13.6. The Morgan fingerprint density at radius 1 is 1.32 bits per heavy atom. The minimum Gasteiger partial charge on any atom is -0.496 e. The van der Waals surface area contributed by atoms with E-state index in [-0.39, 0.29) is 48.8 Å². The summed E-state index contributed by atoms with van der Waals surface area (Å²) in [5.41, 5.74) is 7.79. The average Bonchev–Trinajstić information content (AvgIpc) is 3.17. The molecule has 1 aromatic carbocycles. The number of hydrogen-bond acceptors (Lipinski definition) is 8. The fourth-order valence-corrected chi connectivity index (χ4v) is 4.60. The molecule has 1 amide bonds. The van der Waals surface area contributed by atoms with Gasteiger partial charge in [0, 0.05) is 50.6 Å². The molecule has 0 radical (unpaired) electrons. The first-order valence-corrected chi connectivity index (χ1v) is 11.8. The third kappa shape index (κ3) is 5.55. The molecule has 2 N–H and O–H groups in total. The fourth-order valence-electron chi connectivity index (χ4n) is 4.60. The number of carbonyl (C=O) groups excluding carboxylic acids is 1. The zero-order valence-corrected chi connectivity index (χ0v) is 25.1. The van der Waals surface area contributed by atoms with E-state index in [9.17, 15) is 18.8 Å². The number of likely N-dealkylation sites (tertiary alicyclic amines) is 1. The van der Waals surface area contributed by atoms with Crippen LogP contribution in [-0.2, 0) is 37.2 Å². The summed E-state index contributed by atoms with van der Waals surface area (Å²) in [6.45, 7) is 8.34. The Morgan fingerprint density at radius 2 is 2.00 bits per heavy atom. The van der Waals surface area contributed by atoms with Crippen molar-refractivity contribution < 1.29 is 42.5 Å². The summed E-state index contributed by atoms with van der Waals surface area (Å²) in [5.74, 6) is 0.496. The summed E-state index contributed by atoms with van der Waals surface area (Å²) in [4.78, 5) is 22.0. The van der Waals surface area contributed by atoms with Gasteiger partial charge in [-0.05, 0) is 51.3 Å². The van der Waals surface area contributed by atoms with Crippen LogP contribution in [0, 0.1) is 18.3 Å². The van der Waals surface area contributed by atoms with E-state index in [1.165, 1.54) is 11.0 Å². The quantitative estimate of drug-likeness (QED) is 0.432. The Balaban J connectivity index is 0.00000400. The van der Waals surface area contributed by atoms with E-state index < -0.39 is 23.8 Å². The van der Waals surface area contributed by atoms with Crippen molar-refractivity contribution in [3.05, 3.63) is 40.3 Å². The van der Waals surface area contributed by atoms with Crippen molar-refractivity contribution in [2.24, 2.45) is 0 Å². The average molecular weight is 579 g/mol. The van der Waals surface area contributed by atoms with Gasteiger partial charge >= 0.3 is 6.09 Å². The van der Waals surface area contributed by atoms with Crippen LogP contribution in [0.1, 0.15) is 61.1 Å². The van der Waals surface area contributed by atoms with E-state index in [4.69, 9.17) is 15.2 Å². The van der Waals surface area contributed by atoms with Crippen LogP contribution in [0.25, 0.3) is 11.0 Å². The summed E-state index contributed by atoms with van der Waals surface area (Å²) < 4.78 is 39.8. The van der Waals surface area contributed by atoms with Gasteiger partial charge in [-0.25, -0.2) is 28.2 Å². The van der Waals surface area contributed by atoms with Gasteiger partial charge < -0.3 is 20.1 Å². The summed E-state index contributed by atoms with van der Waals surface area (Å²) in [6.07, 6.45) is -1.69. The van der Waals surface area contributed by atoms with Crippen LogP contribution < -0.4 is 10.5 Å². The van der Waals surface area contributed by atoms with Crippen molar-refractivity contribution >= 4 is 22.9 Å². The molecule has 13 heteroatoms. The molecule has 198 valence electrons. The van der Waals surface area contributed by atoms with E-state index in [0.717, 1.165) is 16.7 Å². The predicted molar refractivity (Wildman–Crippen MR) is 131 cm³/mol. The molecule has 2 aromatic heterocycles. The van der Waals surface area contributed by atoms with Gasteiger partial charge in [-0.15, -0.1) is 0 Å². The summed E-state index contributed by atoms with van der Waals surface area (Å²) in [7, 11) is 1.55. The number of rotatable bonds is 6.